The van der Waals surface area contributed by atoms with Gasteiger partial charge in [0.1, 0.15) is 23.1 Å². The lowest BCUT2D eigenvalue weighted by atomic mass is 10.1. The minimum Gasteiger partial charge on any atom is -0.497 e. The number of thiazole rings is 1. The van der Waals surface area contributed by atoms with Crippen LogP contribution >= 0.6 is 11.3 Å². The minimum atomic E-state index is -0.934. The maximum absolute atomic E-state index is 13.7. The van der Waals surface area contributed by atoms with Crippen molar-refractivity contribution in [2.24, 2.45) is 0 Å². The first-order chi connectivity index (χ1) is 12.5. The zero-order valence-corrected chi connectivity index (χ0v) is 14.7. The molecule has 0 unspecified atom stereocenters. The number of methoxy groups -OCH3 is 2. The number of aromatic nitrogens is 1. The molecule has 134 valence electrons. The molecule has 1 N–H and O–H groups in total. The van der Waals surface area contributed by atoms with Gasteiger partial charge in [-0.1, -0.05) is 0 Å². The number of anilines is 1. The lowest BCUT2D eigenvalue weighted by Crippen LogP contribution is -2.13. The summed E-state index contributed by atoms with van der Waals surface area (Å²) in [5.41, 5.74) is 1.05. The molecule has 3 aromatic rings. The van der Waals surface area contributed by atoms with Gasteiger partial charge < -0.3 is 9.47 Å². The number of nitrogens with one attached hydrogen (secondary N) is 1. The van der Waals surface area contributed by atoms with Crippen LogP contribution in [0.4, 0.5) is 13.9 Å². The zero-order valence-electron chi connectivity index (χ0n) is 13.9. The number of carbonyl (C=O) groups is 1. The Morgan fingerprint density at radius 2 is 1.92 bits per heavy atom. The monoisotopic (exact) mass is 376 g/mol. The second kappa shape index (κ2) is 7.49. The highest BCUT2D eigenvalue weighted by Gasteiger charge is 2.16. The van der Waals surface area contributed by atoms with Crippen LogP contribution in [-0.4, -0.2) is 25.1 Å². The van der Waals surface area contributed by atoms with Crippen molar-refractivity contribution in [1.82, 2.24) is 4.98 Å². The molecule has 1 heterocycles. The first kappa shape index (κ1) is 17.8. The van der Waals surface area contributed by atoms with Crippen molar-refractivity contribution in [3.05, 3.63) is 59.0 Å². The van der Waals surface area contributed by atoms with Crippen molar-refractivity contribution < 1.29 is 23.0 Å². The number of carbonyl (C=O) groups excluding carboxylic acids is 1. The molecule has 0 bridgehead atoms. The van der Waals surface area contributed by atoms with E-state index in [1.165, 1.54) is 18.4 Å². The van der Waals surface area contributed by atoms with Gasteiger partial charge in [-0.2, -0.15) is 0 Å². The maximum atomic E-state index is 13.7. The maximum Gasteiger partial charge on any atom is 0.260 e. The van der Waals surface area contributed by atoms with E-state index in [2.05, 4.69) is 10.3 Å². The number of hydrogen-bond acceptors (Lipinski definition) is 5. The Hall–Kier alpha value is -3.00. The van der Waals surface area contributed by atoms with Gasteiger partial charge in [0.15, 0.2) is 5.13 Å². The first-order valence-corrected chi connectivity index (χ1v) is 8.34. The molecular weight excluding hydrogens is 362 g/mol. The number of amides is 1. The summed E-state index contributed by atoms with van der Waals surface area (Å²) in [7, 11) is 3.09. The Labute approximate surface area is 152 Å². The van der Waals surface area contributed by atoms with Crippen molar-refractivity contribution in [2.75, 3.05) is 19.5 Å². The highest BCUT2D eigenvalue weighted by Crippen LogP contribution is 2.34. The molecule has 3 rings (SSSR count). The Kier molecular flexibility index (Phi) is 5.13. The Balaban J connectivity index is 1.83. The smallest absolute Gasteiger partial charge is 0.260 e. The van der Waals surface area contributed by atoms with Crippen molar-refractivity contribution in [2.45, 2.75) is 0 Å². The number of nitrogens with zero attached hydrogens (tertiary/aromatic N) is 1. The molecule has 0 saturated carbocycles. The second-order valence-electron chi connectivity index (χ2n) is 5.18. The quantitative estimate of drug-likeness (QED) is 0.719. The van der Waals surface area contributed by atoms with Crippen LogP contribution in [0.2, 0.25) is 0 Å². The summed E-state index contributed by atoms with van der Waals surface area (Å²) in [6.45, 7) is 0. The molecule has 0 aliphatic rings. The van der Waals surface area contributed by atoms with E-state index in [4.69, 9.17) is 9.47 Å². The van der Waals surface area contributed by atoms with Crippen molar-refractivity contribution >= 4 is 22.4 Å². The molecule has 0 atom stereocenters. The first-order valence-electron chi connectivity index (χ1n) is 7.46. The van der Waals surface area contributed by atoms with Gasteiger partial charge in [-0.05, 0) is 24.3 Å². The Morgan fingerprint density at radius 3 is 2.62 bits per heavy atom. The van der Waals surface area contributed by atoms with Crippen LogP contribution in [0, 0.1) is 11.6 Å². The van der Waals surface area contributed by atoms with Crippen LogP contribution in [0.1, 0.15) is 10.4 Å². The summed E-state index contributed by atoms with van der Waals surface area (Å²) < 4.78 is 37.1. The number of benzene rings is 2. The van der Waals surface area contributed by atoms with E-state index in [9.17, 15) is 13.6 Å². The molecule has 0 aliphatic heterocycles. The van der Waals surface area contributed by atoms with Crippen LogP contribution in [0.5, 0.6) is 11.5 Å². The van der Waals surface area contributed by atoms with Gasteiger partial charge in [0.25, 0.3) is 5.91 Å². The van der Waals surface area contributed by atoms with Gasteiger partial charge >= 0.3 is 0 Å². The largest absolute Gasteiger partial charge is 0.497 e. The number of ether oxygens (including phenoxy) is 2. The molecule has 5 nitrogen and oxygen atoms in total. The molecule has 1 amide bonds. The predicted molar refractivity (Wildman–Crippen MR) is 95.0 cm³/mol. The molecular formula is C18H14F2N2O3S. The molecule has 26 heavy (non-hydrogen) atoms. The summed E-state index contributed by atoms with van der Waals surface area (Å²) >= 11 is 1.18. The van der Waals surface area contributed by atoms with Crippen LogP contribution < -0.4 is 14.8 Å². The molecule has 0 radical (unpaired) electrons. The molecule has 0 spiro atoms. The van der Waals surface area contributed by atoms with Crippen molar-refractivity contribution in [3.63, 3.8) is 0 Å². The summed E-state index contributed by atoms with van der Waals surface area (Å²) in [6, 6.07) is 8.04. The Morgan fingerprint density at radius 1 is 1.12 bits per heavy atom. The third-order valence-electron chi connectivity index (χ3n) is 3.59. The van der Waals surface area contributed by atoms with Gasteiger partial charge in [0.05, 0.1) is 25.5 Å². The molecule has 8 heteroatoms. The van der Waals surface area contributed by atoms with Crippen molar-refractivity contribution in [3.8, 4) is 22.8 Å². The van der Waals surface area contributed by atoms with Gasteiger partial charge in [0, 0.05) is 23.1 Å². The fourth-order valence-electron chi connectivity index (χ4n) is 2.30. The fraction of sp³-hybridized carbons (Fsp3) is 0.111. The predicted octanol–water partition coefficient (Wildman–Crippen LogP) is 4.36. The van der Waals surface area contributed by atoms with Crippen LogP contribution in [0.25, 0.3) is 11.3 Å². The van der Waals surface area contributed by atoms with E-state index in [0.29, 0.717) is 23.3 Å². The van der Waals surface area contributed by atoms with Gasteiger partial charge in [-0.25, -0.2) is 13.8 Å². The van der Waals surface area contributed by atoms with E-state index in [1.807, 2.05) is 0 Å². The topological polar surface area (TPSA) is 60.5 Å². The minimum absolute atomic E-state index is 0.259. The normalized spacial score (nSPS) is 10.5. The van der Waals surface area contributed by atoms with Crippen molar-refractivity contribution in [1.29, 1.82) is 0 Å². The summed E-state index contributed by atoms with van der Waals surface area (Å²) in [4.78, 5) is 16.5. The zero-order chi connectivity index (χ0) is 18.7. The van der Waals surface area contributed by atoms with Gasteiger partial charge in [-0.3, -0.25) is 10.1 Å². The van der Waals surface area contributed by atoms with E-state index in [1.54, 1.807) is 30.7 Å². The molecule has 2 aromatic carbocycles. The fourth-order valence-corrected chi connectivity index (χ4v) is 3.01. The van der Waals surface area contributed by atoms with E-state index < -0.39 is 17.5 Å². The van der Waals surface area contributed by atoms with Crippen LogP contribution in [0.15, 0.2) is 41.8 Å². The number of halogens is 2. The van der Waals surface area contributed by atoms with E-state index in [-0.39, 0.29) is 10.7 Å². The summed E-state index contributed by atoms with van der Waals surface area (Å²) in [6.07, 6.45) is 0. The Bertz CT molecular complexity index is 959. The summed E-state index contributed by atoms with van der Waals surface area (Å²) in [5, 5.41) is 4.53. The molecule has 1 aromatic heterocycles. The van der Waals surface area contributed by atoms with E-state index in [0.717, 1.165) is 17.7 Å². The van der Waals surface area contributed by atoms with Crippen LogP contribution in [0.3, 0.4) is 0 Å². The summed E-state index contributed by atoms with van der Waals surface area (Å²) in [5.74, 6) is -1.18. The van der Waals surface area contributed by atoms with Crippen LogP contribution in [-0.2, 0) is 0 Å². The molecule has 0 aliphatic carbocycles. The number of hydrogen-bond donors (Lipinski definition) is 1. The SMILES string of the molecule is COc1ccc(-c2csc(NC(=O)c3ccc(F)cc3F)n2)c(OC)c1. The van der Waals surface area contributed by atoms with Gasteiger partial charge in [-0.15, -0.1) is 11.3 Å². The molecule has 0 saturated heterocycles. The lowest BCUT2D eigenvalue weighted by molar-refractivity contribution is 0.102. The van der Waals surface area contributed by atoms with E-state index >= 15 is 0 Å². The number of rotatable bonds is 5. The highest BCUT2D eigenvalue weighted by atomic mass is 32.1. The standard InChI is InChI=1S/C18H14F2N2O3S/c1-24-11-4-6-13(16(8-11)25-2)15-9-26-18(21-15)22-17(23)12-5-3-10(19)7-14(12)20/h3-9H,1-2H3,(H,21,22,23). The highest BCUT2D eigenvalue weighted by molar-refractivity contribution is 7.14. The third-order valence-corrected chi connectivity index (χ3v) is 4.34. The second-order valence-corrected chi connectivity index (χ2v) is 6.04. The lowest BCUT2D eigenvalue weighted by Gasteiger charge is -2.08. The molecule has 0 fully saturated rings. The average molecular weight is 376 g/mol. The third kappa shape index (κ3) is 3.65. The average Bonchev–Trinajstić information content (AvgIpc) is 3.09. The van der Waals surface area contributed by atoms with Gasteiger partial charge in [0.2, 0.25) is 0 Å².